The molecule has 21 heavy (non-hydrogen) atoms. The van der Waals surface area contributed by atoms with E-state index in [1.807, 2.05) is 24.3 Å². The van der Waals surface area contributed by atoms with E-state index in [0.717, 1.165) is 11.3 Å². The standard InChI is InChI=1S/C15H17N3O3/c1-17-8-11-12(14(17)19)13(16-15(20)18(11)2)9-5-4-6-10(7-9)21-3/h4-7,13H,8H2,1-3H3,(H,16,20). The molecule has 6 nitrogen and oxygen atoms in total. The number of carbonyl (C=O) groups excluding carboxylic acids is 2. The number of hydrogen-bond acceptors (Lipinski definition) is 3. The van der Waals surface area contributed by atoms with E-state index in [2.05, 4.69) is 5.32 Å². The van der Waals surface area contributed by atoms with Crippen LogP contribution in [0.4, 0.5) is 4.79 Å². The molecule has 1 unspecified atom stereocenters. The summed E-state index contributed by atoms with van der Waals surface area (Å²) in [7, 11) is 5.01. The number of methoxy groups -OCH3 is 1. The molecule has 0 spiro atoms. The second kappa shape index (κ2) is 4.80. The quantitative estimate of drug-likeness (QED) is 0.886. The lowest BCUT2D eigenvalue weighted by Gasteiger charge is -2.31. The van der Waals surface area contributed by atoms with Gasteiger partial charge in [-0.15, -0.1) is 0 Å². The molecule has 2 aliphatic rings. The van der Waals surface area contributed by atoms with Crippen molar-refractivity contribution >= 4 is 11.9 Å². The molecule has 3 rings (SSSR count). The van der Waals surface area contributed by atoms with Crippen LogP contribution in [-0.4, -0.2) is 49.5 Å². The Morgan fingerprint density at radius 3 is 2.76 bits per heavy atom. The van der Waals surface area contributed by atoms with Crippen LogP contribution < -0.4 is 10.1 Å². The molecule has 0 aromatic heterocycles. The van der Waals surface area contributed by atoms with Gasteiger partial charge in [0.2, 0.25) is 0 Å². The van der Waals surface area contributed by atoms with Crippen LogP contribution in [0.25, 0.3) is 0 Å². The van der Waals surface area contributed by atoms with Crippen molar-refractivity contribution in [3.05, 3.63) is 41.1 Å². The smallest absolute Gasteiger partial charge is 0.322 e. The van der Waals surface area contributed by atoms with Crippen molar-refractivity contribution in [3.63, 3.8) is 0 Å². The Morgan fingerprint density at radius 2 is 2.05 bits per heavy atom. The van der Waals surface area contributed by atoms with Gasteiger partial charge in [0, 0.05) is 14.1 Å². The largest absolute Gasteiger partial charge is 0.497 e. The molecule has 1 aromatic rings. The number of likely N-dealkylation sites (N-methyl/N-ethyl adjacent to an activating group) is 2. The molecule has 1 N–H and O–H groups in total. The average Bonchev–Trinajstić information content (AvgIpc) is 2.79. The van der Waals surface area contributed by atoms with Crippen molar-refractivity contribution in [3.8, 4) is 5.75 Å². The number of ether oxygens (including phenoxy) is 1. The normalized spacial score (nSPS) is 21.6. The third kappa shape index (κ3) is 2.03. The maximum Gasteiger partial charge on any atom is 0.322 e. The van der Waals surface area contributed by atoms with Gasteiger partial charge in [0.15, 0.2) is 0 Å². The molecular formula is C15H17N3O3. The van der Waals surface area contributed by atoms with Gasteiger partial charge in [-0.25, -0.2) is 4.79 Å². The lowest BCUT2D eigenvalue weighted by molar-refractivity contribution is -0.124. The Hall–Kier alpha value is -2.50. The van der Waals surface area contributed by atoms with Crippen LogP contribution in [-0.2, 0) is 4.79 Å². The Bertz CT molecular complexity index is 653. The van der Waals surface area contributed by atoms with Gasteiger partial charge in [-0.3, -0.25) is 9.69 Å². The molecule has 1 aromatic carbocycles. The van der Waals surface area contributed by atoms with E-state index in [9.17, 15) is 9.59 Å². The lowest BCUT2D eigenvalue weighted by atomic mass is 9.95. The summed E-state index contributed by atoms with van der Waals surface area (Å²) in [5, 5.41) is 2.88. The maximum atomic E-state index is 12.4. The first-order chi connectivity index (χ1) is 10.0. The van der Waals surface area contributed by atoms with Gasteiger partial charge in [0.05, 0.1) is 31.0 Å². The van der Waals surface area contributed by atoms with Crippen LogP contribution in [0.5, 0.6) is 5.75 Å². The van der Waals surface area contributed by atoms with Crippen molar-refractivity contribution in [1.29, 1.82) is 0 Å². The van der Waals surface area contributed by atoms with Crippen molar-refractivity contribution in [2.45, 2.75) is 6.04 Å². The first-order valence-electron chi connectivity index (χ1n) is 6.69. The van der Waals surface area contributed by atoms with E-state index < -0.39 is 6.04 Å². The Balaban J connectivity index is 2.09. The monoisotopic (exact) mass is 287 g/mol. The SMILES string of the molecule is COc1cccc(C2NC(=O)N(C)C3=C2C(=O)N(C)C3)c1. The number of urea groups is 1. The number of nitrogens with zero attached hydrogens (tertiary/aromatic N) is 2. The lowest BCUT2D eigenvalue weighted by Crippen LogP contribution is -2.45. The fraction of sp³-hybridized carbons (Fsp3) is 0.333. The minimum atomic E-state index is -0.434. The van der Waals surface area contributed by atoms with Crippen molar-refractivity contribution < 1.29 is 14.3 Å². The van der Waals surface area contributed by atoms with Crippen LogP contribution in [0.3, 0.4) is 0 Å². The zero-order valence-corrected chi connectivity index (χ0v) is 12.2. The van der Waals surface area contributed by atoms with Crippen LogP contribution >= 0.6 is 0 Å². The summed E-state index contributed by atoms with van der Waals surface area (Å²) >= 11 is 0. The average molecular weight is 287 g/mol. The van der Waals surface area contributed by atoms with Crippen LogP contribution in [0.2, 0.25) is 0 Å². The van der Waals surface area contributed by atoms with Crippen LogP contribution in [0.1, 0.15) is 11.6 Å². The molecule has 0 bridgehead atoms. The number of benzene rings is 1. The zero-order chi connectivity index (χ0) is 15.1. The first kappa shape index (κ1) is 13.5. The molecule has 6 heteroatoms. The second-order valence-electron chi connectivity index (χ2n) is 5.24. The number of nitrogens with one attached hydrogen (secondary N) is 1. The summed E-state index contributed by atoms with van der Waals surface area (Å²) in [6, 6.07) is 6.77. The van der Waals surface area contributed by atoms with Crippen LogP contribution in [0.15, 0.2) is 35.5 Å². The highest BCUT2D eigenvalue weighted by Crippen LogP contribution is 2.35. The van der Waals surface area contributed by atoms with E-state index in [4.69, 9.17) is 4.74 Å². The molecule has 3 amide bonds. The fourth-order valence-corrected chi connectivity index (χ4v) is 2.77. The zero-order valence-electron chi connectivity index (χ0n) is 12.2. The minimum absolute atomic E-state index is 0.0512. The fourth-order valence-electron chi connectivity index (χ4n) is 2.77. The highest BCUT2D eigenvalue weighted by atomic mass is 16.5. The van der Waals surface area contributed by atoms with Gasteiger partial charge in [-0.05, 0) is 17.7 Å². The number of hydrogen-bond donors (Lipinski definition) is 1. The predicted molar refractivity (Wildman–Crippen MR) is 76.7 cm³/mol. The van der Waals surface area contributed by atoms with Gasteiger partial charge in [0.25, 0.3) is 5.91 Å². The molecule has 2 heterocycles. The molecule has 0 saturated heterocycles. The van der Waals surface area contributed by atoms with Gasteiger partial charge in [-0.1, -0.05) is 12.1 Å². The molecule has 0 radical (unpaired) electrons. The summed E-state index contributed by atoms with van der Waals surface area (Å²) in [5.74, 6) is 0.645. The van der Waals surface area contributed by atoms with E-state index in [-0.39, 0.29) is 11.9 Å². The summed E-state index contributed by atoms with van der Waals surface area (Å²) in [5.41, 5.74) is 2.24. The van der Waals surface area contributed by atoms with Gasteiger partial charge < -0.3 is 15.0 Å². The molecular weight excluding hydrogens is 270 g/mol. The molecule has 0 saturated carbocycles. The number of amides is 3. The van der Waals surface area contributed by atoms with Gasteiger partial charge in [0.1, 0.15) is 5.75 Å². The summed E-state index contributed by atoms with van der Waals surface area (Å²) in [4.78, 5) is 27.6. The van der Waals surface area contributed by atoms with E-state index in [1.54, 1.807) is 26.1 Å². The van der Waals surface area contributed by atoms with Crippen molar-refractivity contribution in [2.75, 3.05) is 27.7 Å². The molecule has 0 aliphatic carbocycles. The Labute approximate surface area is 123 Å². The summed E-state index contributed by atoms with van der Waals surface area (Å²) in [6.45, 7) is 0.457. The van der Waals surface area contributed by atoms with Gasteiger partial charge in [-0.2, -0.15) is 0 Å². The molecule has 110 valence electrons. The third-order valence-corrected chi connectivity index (χ3v) is 3.97. The highest BCUT2D eigenvalue weighted by molar-refractivity contribution is 6.01. The summed E-state index contributed by atoms with van der Waals surface area (Å²) in [6.07, 6.45) is 0. The van der Waals surface area contributed by atoms with E-state index >= 15 is 0 Å². The molecule has 0 fully saturated rings. The van der Waals surface area contributed by atoms with Crippen molar-refractivity contribution in [1.82, 2.24) is 15.1 Å². The van der Waals surface area contributed by atoms with E-state index in [0.29, 0.717) is 17.9 Å². The summed E-state index contributed by atoms with van der Waals surface area (Å²) < 4.78 is 5.22. The topological polar surface area (TPSA) is 61.9 Å². The van der Waals surface area contributed by atoms with Crippen molar-refractivity contribution in [2.24, 2.45) is 0 Å². The maximum absolute atomic E-state index is 12.4. The molecule has 1 atom stereocenters. The Kier molecular flexibility index (Phi) is 3.08. The number of rotatable bonds is 2. The first-order valence-corrected chi connectivity index (χ1v) is 6.69. The van der Waals surface area contributed by atoms with Crippen LogP contribution in [0, 0.1) is 0 Å². The van der Waals surface area contributed by atoms with Gasteiger partial charge >= 0.3 is 6.03 Å². The minimum Gasteiger partial charge on any atom is -0.497 e. The van der Waals surface area contributed by atoms with E-state index in [1.165, 1.54) is 4.90 Å². The third-order valence-electron chi connectivity index (χ3n) is 3.97. The second-order valence-corrected chi connectivity index (χ2v) is 5.24. The number of carbonyl (C=O) groups is 2. The highest BCUT2D eigenvalue weighted by Gasteiger charge is 2.41. The Morgan fingerprint density at radius 1 is 1.29 bits per heavy atom. The molecule has 2 aliphatic heterocycles. The predicted octanol–water partition coefficient (Wildman–Crippen LogP) is 1.12.